The lowest BCUT2D eigenvalue weighted by molar-refractivity contribution is -0.0243. The molecule has 0 radical (unpaired) electrons. The molecule has 2 aliphatic heterocycles. The third-order valence-electron chi connectivity index (χ3n) is 3.64. The van der Waals surface area contributed by atoms with Crippen LogP contribution in [0.15, 0.2) is 0 Å². The standard InChI is InChI=1S/C12H22N2O/c1-12(7-3-6-10-15-12)11(13)14-8-4-2-5-9-14/h13H,2-10H2,1H3. The monoisotopic (exact) mass is 210 g/mol. The van der Waals surface area contributed by atoms with Gasteiger partial charge < -0.3 is 9.64 Å². The molecule has 2 rings (SSSR count). The van der Waals surface area contributed by atoms with Crippen molar-refractivity contribution in [1.82, 2.24) is 4.90 Å². The number of likely N-dealkylation sites (tertiary alicyclic amines) is 1. The molecular weight excluding hydrogens is 188 g/mol. The molecule has 2 aliphatic rings. The second kappa shape index (κ2) is 4.52. The highest BCUT2D eigenvalue weighted by molar-refractivity contribution is 5.87. The van der Waals surface area contributed by atoms with Crippen molar-refractivity contribution in [3.8, 4) is 0 Å². The van der Waals surface area contributed by atoms with E-state index >= 15 is 0 Å². The topological polar surface area (TPSA) is 36.3 Å². The van der Waals surface area contributed by atoms with Gasteiger partial charge in [0, 0.05) is 19.7 Å². The van der Waals surface area contributed by atoms with Crippen LogP contribution in [0.1, 0.15) is 45.4 Å². The quantitative estimate of drug-likeness (QED) is 0.533. The van der Waals surface area contributed by atoms with Gasteiger partial charge in [-0.1, -0.05) is 0 Å². The average Bonchev–Trinajstić information content (AvgIpc) is 2.30. The lowest BCUT2D eigenvalue weighted by Crippen LogP contribution is -2.51. The molecule has 0 aromatic heterocycles. The van der Waals surface area contributed by atoms with Crippen molar-refractivity contribution in [3.05, 3.63) is 0 Å². The van der Waals surface area contributed by atoms with Crippen LogP contribution in [-0.2, 0) is 4.74 Å². The number of amidine groups is 1. The molecule has 86 valence electrons. The predicted molar refractivity (Wildman–Crippen MR) is 61.4 cm³/mol. The van der Waals surface area contributed by atoms with E-state index in [0.717, 1.165) is 38.4 Å². The molecule has 15 heavy (non-hydrogen) atoms. The molecule has 0 spiro atoms. The largest absolute Gasteiger partial charge is 0.367 e. The highest BCUT2D eigenvalue weighted by Crippen LogP contribution is 2.27. The molecule has 2 saturated heterocycles. The van der Waals surface area contributed by atoms with E-state index in [9.17, 15) is 0 Å². The Hall–Kier alpha value is -0.570. The fraction of sp³-hybridized carbons (Fsp3) is 0.917. The third-order valence-corrected chi connectivity index (χ3v) is 3.64. The maximum Gasteiger partial charge on any atom is 0.128 e. The van der Waals surface area contributed by atoms with Crippen molar-refractivity contribution in [2.24, 2.45) is 0 Å². The Morgan fingerprint density at radius 3 is 2.47 bits per heavy atom. The predicted octanol–water partition coefficient (Wildman–Crippen LogP) is 2.41. The summed E-state index contributed by atoms with van der Waals surface area (Å²) in [4.78, 5) is 2.22. The molecule has 2 fully saturated rings. The van der Waals surface area contributed by atoms with E-state index < -0.39 is 0 Å². The van der Waals surface area contributed by atoms with Crippen LogP contribution in [0.3, 0.4) is 0 Å². The first-order valence-corrected chi connectivity index (χ1v) is 6.20. The fourth-order valence-electron chi connectivity index (χ4n) is 2.57. The maximum absolute atomic E-state index is 8.28. The van der Waals surface area contributed by atoms with Crippen LogP contribution in [-0.4, -0.2) is 36.0 Å². The summed E-state index contributed by atoms with van der Waals surface area (Å²) in [6.07, 6.45) is 7.16. The van der Waals surface area contributed by atoms with Crippen molar-refractivity contribution in [3.63, 3.8) is 0 Å². The summed E-state index contributed by atoms with van der Waals surface area (Å²) in [5.74, 6) is 0.724. The van der Waals surface area contributed by atoms with Gasteiger partial charge >= 0.3 is 0 Å². The van der Waals surface area contributed by atoms with Crippen molar-refractivity contribution < 1.29 is 4.74 Å². The van der Waals surface area contributed by atoms with E-state index in [-0.39, 0.29) is 5.60 Å². The number of hydrogen-bond acceptors (Lipinski definition) is 2. The molecule has 0 saturated carbocycles. The molecule has 3 heteroatoms. The highest BCUT2D eigenvalue weighted by atomic mass is 16.5. The lowest BCUT2D eigenvalue weighted by Gasteiger charge is -2.41. The molecule has 2 heterocycles. The van der Waals surface area contributed by atoms with E-state index in [1.807, 2.05) is 0 Å². The molecule has 1 unspecified atom stereocenters. The highest BCUT2D eigenvalue weighted by Gasteiger charge is 2.36. The zero-order valence-corrected chi connectivity index (χ0v) is 9.72. The second-order valence-corrected chi connectivity index (χ2v) is 4.93. The summed E-state index contributed by atoms with van der Waals surface area (Å²) >= 11 is 0. The number of rotatable bonds is 1. The normalized spacial score (nSPS) is 32.7. The van der Waals surface area contributed by atoms with Gasteiger partial charge in [0.1, 0.15) is 11.4 Å². The van der Waals surface area contributed by atoms with Gasteiger partial charge in [-0.2, -0.15) is 0 Å². The Morgan fingerprint density at radius 1 is 1.13 bits per heavy atom. The molecule has 3 nitrogen and oxygen atoms in total. The van der Waals surface area contributed by atoms with Crippen LogP contribution < -0.4 is 0 Å². The zero-order valence-electron chi connectivity index (χ0n) is 9.72. The first kappa shape index (κ1) is 10.9. The molecule has 0 aromatic rings. The van der Waals surface area contributed by atoms with Crippen LogP contribution in [0, 0.1) is 5.41 Å². The number of ether oxygens (including phenoxy) is 1. The number of nitrogens with zero attached hydrogens (tertiary/aromatic N) is 1. The van der Waals surface area contributed by atoms with Crippen LogP contribution in [0.2, 0.25) is 0 Å². The van der Waals surface area contributed by atoms with E-state index in [1.165, 1.54) is 25.7 Å². The number of hydrogen-bond donors (Lipinski definition) is 1. The van der Waals surface area contributed by atoms with E-state index in [0.29, 0.717) is 0 Å². The van der Waals surface area contributed by atoms with Crippen molar-refractivity contribution in [2.75, 3.05) is 19.7 Å². The van der Waals surface area contributed by atoms with Gasteiger partial charge in [0.05, 0.1) is 0 Å². The maximum atomic E-state index is 8.28. The van der Waals surface area contributed by atoms with Gasteiger partial charge in [-0.05, 0) is 45.4 Å². The fourth-order valence-corrected chi connectivity index (χ4v) is 2.57. The van der Waals surface area contributed by atoms with Gasteiger partial charge in [-0.25, -0.2) is 0 Å². The third kappa shape index (κ3) is 2.33. The van der Waals surface area contributed by atoms with Crippen LogP contribution in [0.25, 0.3) is 0 Å². The summed E-state index contributed by atoms with van der Waals surface area (Å²) in [5, 5.41) is 8.28. The lowest BCUT2D eigenvalue weighted by atomic mass is 9.93. The van der Waals surface area contributed by atoms with Crippen LogP contribution in [0.5, 0.6) is 0 Å². The van der Waals surface area contributed by atoms with Crippen LogP contribution in [0.4, 0.5) is 0 Å². The molecule has 0 amide bonds. The molecule has 0 aromatic carbocycles. The number of nitrogens with one attached hydrogen (secondary N) is 1. The van der Waals surface area contributed by atoms with Gasteiger partial charge in [-0.15, -0.1) is 0 Å². The molecule has 1 atom stereocenters. The summed E-state index contributed by atoms with van der Waals surface area (Å²) < 4.78 is 5.81. The second-order valence-electron chi connectivity index (χ2n) is 4.93. The minimum absolute atomic E-state index is 0.296. The van der Waals surface area contributed by atoms with Crippen LogP contribution >= 0.6 is 0 Å². The number of piperidine rings is 1. The van der Waals surface area contributed by atoms with Gasteiger partial charge in [0.2, 0.25) is 0 Å². The Kier molecular flexibility index (Phi) is 3.29. The molecule has 0 bridgehead atoms. The first-order chi connectivity index (χ1) is 7.22. The summed E-state index contributed by atoms with van der Waals surface area (Å²) in [6, 6.07) is 0. The smallest absolute Gasteiger partial charge is 0.128 e. The zero-order chi connectivity index (χ0) is 10.7. The van der Waals surface area contributed by atoms with Crippen molar-refractivity contribution >= 4 is 5.84 Å². The van der Waals surface area contributed by atoms with Gasteiger partial charge in [-0.3, -0.25) is 5.41 Å². The molecule has 1 N–H and O–H groups in total. The van der Waals surface area contributed by atoms with Gasteiger partial charge in [0.25, 0.3) is 0 Å². The Bertz CT molecular complexity index is 228. The molecule has 0 aliphatic carbocycles. The minimum atomic E-state index is -0.296. The molecular formula is C12H22N2O. The summed E-state index contributed by atoms with van der Waals surface area (Å²) in [7, 11) is 0. The Balaban J connectivity index is 1.98. The summed E-state index contributed by atoms with van der Waals surface area (Å²) in [5.41, 5.74) is -0.296. The summed E-state index contributed by atoms with van der Waals surface area (Å²) in [6.45, 7) is 5.02. The van der Waals surface area contributed by atoms with Crippen molar-refractivity contribution in [2.45, 2.75) is 51.0 Å². The SMILES string of the molecule is CC1(C(=N)N2CCCCC2)CCCCO1. The van der Waals surface area contributed by atoms with E-state index in [4.69, 9.17) is 10.1 Å². The van der Waals surface area contributed by atoms with Gasteiger partial charge in [0.15, 0.2) is 0 Å². The first-order valence-electron chi connectivity index (χ1n) is 6.20. The van der Waals surface area contributed by atoms with E-state index in [2.05, 4.69) is 11.8 Å². The van der Waals surface area contributed by atoms with Crippen molar-refractivity contribution in [1.29, 1.82) is 5.41 Å². The minimum Gasteiger partial charge on any atom is -0.367 e. The average molecular weight is 210 g/mol. The Labute approximate surface area is 92.3 Å². The Morgan fingerprint density at radius 2 is 1.87 bits per heavy atom. The van der Waals surface area contributed by atoms with E-state index in [1.54, 1.807) is 0 Å².